The zero-order valence-electron chi connectivity index (χ0n) is 20.1. The van der Waals surface area contributed by atoms with Crippen molar-refractivity contribution in [2.45, 2.75) is 39.5 Å². The maximum absolute atomic E-state index is 13.2. The lowest BCUT2D eigenvalue weighted by molar-refractivity contribution is -0.143. The Balaban J connectivity index is 1.60. The molecule has 7 heteroatoms. The van der Waals surface area contributed by atoms with Gasteiger partial charge in [0.2, 0.25) is 5.91 Å². The van der Waals surface area contributed by atoms with Crippen molar-refractivity contribution in [3.63, 3.8) is 0 Å². The number of benzene rings is 1. The number of hydrogen-bond donors (Lipinski definition) is 1. The monoisotopic (exact) mass is 450 g/mol. The van der Waals surface area contributed by atoms with E-state index >= 15 is 0 Å². The van der Waals surface area contributed by atoms with Gasteiger partial charge in [0.05, 0.1) is 10.9 Å². The Morgan fingerprint density at radius 1 is 1.24 bits per heavy atom. The first-order chi connectivity index (χ1) is 15.6. The van der Waals surface area contributed by atoms with Gasteiger partial charge in [-0.3, -0.25) is 14.4 Å². The molecule has 2 aromatic rings. The number of ketones is 1. The fourth-order valence-corrected chi connectivity index (χ4v) is 4.29. The molecule has 7 nitrogen and oxygen atoms in total. The average molecular weight is 451 g/mol. The molecule has 1 N–H and O–H groups in total. The van der Waals surface area contributed by atoms with E-state index in [0.29, 0.717) is 61.1 Å². The number of hydrogen-bond acceptors (Lipinski definition) is 5. The smallest absolute Gasteiger partial charge is 0.258 e. The molecule has 3 rings (SSSR count). The van der Waals surface area contributed by atoms with Gasteiger partial charge < -0.3 is 14.8 Å². The number of para-hydroxylation sites is 1. The van der Waals surface area contributed by atoms with E-state index in [0.717, 1.165) is 0 Å². The summed E-state index contributed by atoms with van der Waals surface area (Å²) in [6.45, 7) is 8.76. The molecule has 0 unspecified atom stereocenters. The molecule has 1 aliphatic heterocycles. The van der Waals surface area contributed by atoms with Gasteiger partial charge in [0.15, 0.2) is 5.78 Å². The van der Waals surface area contributed by atoms with Crippen molar-refractivity contribution in [2.24, 2.45) is 11.3 Å². The number of fused-ring (bicyclic) bond motifs is 1. The van der Waals surface area contributed by atoms with E-state index in [1.165, 1.54) is 0 Å². The highest BCUT2D eigenvalue weighted by Gasteiger charge is 2.35. The van der Waals surface area contributed by atoms with Crippen molar-refractivity contribution in [2.75, 3.05) is 27.2 Å². The molecule has 1 amide bonds. The van der Waals surface area contributed by atoms with Crippen LogP contribution in [0.4, 0.5) is 0 Å². The van der Waals surface area contributed by atoms with E-state index in [-0.39, 0.29) is 23.2 Å². The summed E-state index contributed by atoms with van der Waals surface area (Å²) in [4.78, 5) is 49.5. The predicted molar refractivity (Wildman–Crippen MR) is 131 cm³/mol. The maximum Gasteiger partial charge on any atom is 0.258 e. The zero-order valence-corrected chi connectivity index (χ0v) is 20.1. The molecular formula is C26H34N4O3. The first-order valence-electron chi connectivity index (χ1n) is 11.4. The van der Waals surface area contributed by atoms with Crippen LogP contribution in [0.2, 0.25) is 0 Å². The summed E-state index contributed by atoms with van der Waals surface area (Å²) in [6.07, 6.45) is 5.77. The molecule has 0 spiro atoms. The molecule has 1 aliphatic rings. The third-order valence-electron chi connectivity index (χ3n) is 6.28. The molecule has 2 heterocycles. The number of piperidine rings is 1. The summed E-state index contributed by atoms with van der Waals surface area (Å²) in [7, 11) is 3.76. The van der Waals surface area contributed by atoms with Crippen molar-refractivity contribution in [3.05, 3.63) is 64.9 Å². The van der Waals surface area contributed by atoms with Gasteiger partial charge in [0.1, 0.15) is 5.82 Å². The van der Waals surface area contributed by atoms with Crippen LogP contribution in [0.3, 0.4) is 0 Å². The predicted octanol–water partition coefficient (Wildman–Crippen LogP) is 3.32. The van der Waals surface area contributed by atoms with E-state index in [2.05, 4.69) is 16.5 Å². The SMILES string of the molecule is C=C/C(=C\N(C)C)C(=O)C1CCN(C(=O)C(C)(C)CCc2nc3ccccc3c(=O)[nH]2)CC1. The number of nitrogens with one attached hydrogen (secondary N) is 1. The van der Waals surface area contributed by atoms with Crippen molar-refractivity contribution in [1.29, 1.82) is 0 Å². The largest absolute Gasteiger partial charge is 0.383 e. The summed E-state index contributed by atoms with van der Waals surface area (Å²) < 4.78 is 0. The molecule has 0 radical (unpaired) electrons. The fourth-order valence-electron chi connectivity index (χ4n) is 4.29. The molecule has 33 heavy (non-hydrogen) atoms. The van der Waals surface area contributed by atoms with Gasteiger partial charge in [-0.25, -0.2) is 4.98 Å². The quantitative estimate of drug-likeness (QED) is 0.493. The van der Waals surface area contributed by atoms with Gasteiger partial charge in [-0.1, -0.05) is 38.6 Å². The lowest BCUT2D eigenvalue weighted by atomic mass is 9.83. The highest BCUT2D eigenvalue weighted by atomic mass is 16.2. The number of Topliss-reactive ketones (excluding diaryl/α,β-unsaturated/α-hetero) is 1. The Labute approximate surface area is 195 Å². The summed E-state index contributed by atoms with van der Waals surface area (Å²) in [5.41, 5.74) is 0.517. The van der Waals surface area contributed by atoms with Crippen LogP contribution in [0.5, 0.6) is 0 Å². The van der Waals surface area contributed by atoms with E-state index in [1.807, 2.05) is 55.9 Å². The third kappa shape index (κ3) is 5.78. The second-order valence-corrected chi connectivity index (χ2v) is 9.60. The molecule has 0 atom stereocenters. The van der Waals surface area contributed by atoms with Gasteiger partial charge in [-0.2, -0.15) is 0 Å². The number of carbonyl (C=O) groups excluding carboxylic acids is 2. The van der Waals surface area contributed by atoms with Crippen LogP contribution in [0.25, 0.3) is 10.9 Å². The van der Waals surface area contributed by atoms with E-state index in [9.17, 15) is 14.4 Å². The van der Waals surface area contributed by atoms with E-state index < -0.39 is 5.41 Å². The number of nitrogens with zero attached hydrogens (tertiary/aromatic N) is 3. The number of rotatable bonds is 8. The zero-order chi connectivity index (χ0) is 24.2. The third-order valence-corrected chi connectivity index (χ3v) is 6.28. The highest BCUT2D eigenvalue weighted by molar-refractivity contribution is 5.99. The maximum atomic E-state index is 13.2. The van der Waals surface area contributed by atoms with Crippen molar-refractivity contribution < 1.29 is 9.59 Å². The number of carbonyl (C=O) groups is 2. The van der Waals surface area contributed by atoms with Crippen LogP contribution in [0.1, 0.15) is 38.9 Å². The molecule has 0 aliphatic carbocycles. The number of aryl methyl sites for hydroxylation is 1. The normalized spacial score (nSPS) is 15.5. The second-order valence-electron chi connectivity index (χ2n) is 9.60. The number of amides is 1. The number of likely N-dealkylation sites (tertiary alicyclic amines) is 1. The van der Waals surface area contributed by atoms with Gasteiger partial charge in [-0.15, -0.1) is 0 Å². The number of aromatic nitrogens is 2. The molecule has 1 aromatic heterocycles. The molecule has 1 saturated heterocycles. The van der Waals surface area contributed by atoms with Crippen LogP contribution in [0.15, 0.2) is 53.5 Å². The molecule has 176 valence electrons. The summed E-state index contributed by atoms with van der Waals surface area (Å²) >= 11 is 0. The molecule has 1 fully saturated rings. The van der Waals surface area contributed by atoms with Gasteiger partial charge >= 0.3 is 0 Å². The van der Waals surface area contributed by atoms with E-state index in [4.69, 9.17) is 0 Å². The van der Waals surface area contributed by atoms with Crippen molar-refractivity contribution in [1.82, 2.24) is 19.8 Å². The first-order valence-corrected chi connectivity index (χ1v) is 11.4. The fraction of sp³-hybridized carbons (Fsp3) is 0.462. The minimum atomic E-state index is -0.599. The van der Waals surface area contributed by atoms with Crippen LogP contribution < -0.4 is 5.56 Å². The Kier molecular flexibility index (Phi) is 7.51. The van der Waals surface area contributed by atoms with Gasteiger partial charge in [-0.05, 0) is 31.4 Å². The summed E-state index contributed by atoms with van der Waals surface area (Å²) in [6, 6.07) is 7.24. The summed E-state index contributed by atoms with van der Waals surface area (Å²) in [5.74, 6) is 0.669. The Bertz CT molecular complexity index is 1120. The average Bonchev–Trinajstić information content (AvgIpc) is 2.80. The van der Waals surface area contributed by atoms with Crippen LogP contribution >= 0.6 is 0 Å². The molecule has 0 saturated carbocycles. The molecule has 0 bridgehead atoms. The van der Waals surface area contributed by atoms with Gasteiger partial charge in [0.25, 0.3) is 5.56 Å². The topological polar surface area (TPSA) is 86.4 Å². The summed E-state index contributed by atoms with van der Waals surface area (Å²) in [5, 5.41) is 0.564. The van der Waals surface area contributed by atoms with Gasteiger partial charge in [0, 0.05) is 56.7 Å². The second kappa shape index (κ2) is 10.1. The standard InChI is InChI=1S/C26H34N4O3/c1-6-18(17-29(4)5)23(31)19-12-15-30(16-13-19)25(33)26(2,3)14-11-22-27-21-10-8-7-9-20(21)24(32)28-22/h6-10,17,19H,1,11-16H2,2-5H3,(H,27,28,32)/b18-17+. The molecule has 1 aromatic carbocycles. The number of H-pyrrole nitrogens is 1. The lowest BCUT2D eigenvalue weighted by Gasteiger charge is -2.36. The minimum Gasteiger partial charge on any atom is -0.383 e. The number of aromatic amines is 1. The van der Waals surface area contributed by atoms with Crippen molar-refractivity contribution >= 4 is 22.6 Å². The lowest BCUT2D eigenvalue weighted by Crippen LogP contribution is -2.46. The molecular weight excluding hydrogens is 416 g/mol. The highest BCUT2D eigenvalue weighted by Crippen LogP contribution is 2.29. The van der Waals surface area contributed by atoms with Crippen molar-refractivity contribution in [3.8, 4) is 0 Å². The minimum absolute atomic E-state index is 0.0734. The van der Waals surface area contributed by atoms with E-state index in [1.54, 1.807) is 18.3 Å². The van der Waals surface area contributed by atoms with Crippen LogP contribution in [0, 0.1) is 11.3 Å². The Morgan fingerprint density at radius 3 is 2.55 bits per heavy atom. The van der Waals surface area contributed by atoms with Crippen LogP contribution in [-0.4, -0.2) is 58.6 Å². The Hall–Kier alpha value is -3.22. The first kappa shape index (κ1) is 24.4. The van der Waals surface area contributed by atoms with Crippen LogP contribution in [-0.2, 0) is 16.0 Å². The Morgan fingerprint density at radius 2 is 1.91 bits per heavy atom. The number of allylic oxidation sites excluding steroid dienone is 2.